The normalized spacial score (nSPS) is 10.2. The summed E-state index contributed by atoms with van der Waals surface area (Å²) in [4.78, 5) is 13.2. The molecule has 0 saturated heterocycles. The van der Waals surface area contributed by atoms with Crippen LogP contribution in [0, 0.1) is 0 Å². The Morgan fingerprint density at radius 2 is 2.12 bits per heavy atom. The smallest absolute Gasteiger partial charge is 0.222 e. The molecule has 0 aliphatic rings. The zero-order chi connectivity index (χ0) is 12.0. The Hall–Kier alpha value is -1.06. The number of rotatable bonds is 5. The quantitative estimate of drug-likeness (QED) is 0.858. The average molecular weight is 242 g/mol. The van der Waals surface area contributed by atoms with Crippen molar-refractivity contribution in [2.75, 3.05) is 13.7 Å². The zero-order valence-electron chi connectivity index (χ0n) is 9.32. The summed E-state index contributed by atoms with van der Waals surface area (Å²) in [6.45, 7) is 0.551. The third-order valence-electron chi connectivity index (χ3n) is 2.34. The number of carbonyl (C=O) groups is 1. The number of carbonyl (C=O) groups excluding carboxylic acids is 1. The summed E-state index contributed by atoms with van der Waals surface area (Å²) in [6, 6.07) is 7.47. The van der Waals surface area contributed by atoms with Crippen LogP contribution in [0.3, 0.4) is 0 Å². The summed E-state index contributed by atoms with van der Waals surface area (Å²) in [5.41, 5.74) is 0.934. The maximum Gasteiger partial charge on any atom is 0.222 e. The molecule has 0 aliphatic carbocycles. The second-order valence-corrected chi connectivity index (χ2v) is 4.08. The van der Waals surface area contributed by atoms with Gasteiger partial charge in [-0.05, 0) is 18.1 Å². The molecule has 0 aliphatic heterocycles. The summed E-state index contributed by atoms with van der Waals surface area (Å²) >= 11 is 6.00. The number of aliphatic hydroxyl groups is 1. The second-order valence-electron chi connectivity index (χ2n) is 3.67. The maximum atomic E-state index is 11.6. The average Bonchev–Trinajstić information content (AvgIpc) is 2.28. The van der Waals surface area contributed by atoms with Gasteiger partial charge in [-0.25, -0.2) is 0 Å². The van der Waals surface area contributed by atoms with Gasteiger partial charge in [0.05, 0.1) is 0 Å². The van der Waals surface area contributed by atoms with Gasteiger partial charge in [0.1, 0.15) is 0 Å². The molecule has 88 valence electrons. The van der Waals surface area contributed by atoms with Gasteiger partial charge in [0.25, 0.3) is 0 Å². The fourth-order valence-electron chi connectivity index (χ4n) is 1.39. The Bertz CT molecular complexity index is 355. The summed E-state index contributed by atoms with van der Waals surface area (Å²) < 4.78 is 0. The third-order valence-corrected chi connectivity index (χ3v) is 2.71. The van der Waals surface area contributed by atoms with Crippen LogP contribution in [0.15, 0.2) is 24.3 Å². The molecule has 0 heterocycles. The van der Waals surface area contributed by atoms with E-state index in [9.17, 15) is 4.79 Å². The number of halogens is 1. The van der Waals surface area contributed by atoms with Crippen LogP contribution in [0.25, 0.3) is 0 Å². The van der Waals surface area contributed by atoms with Crippen molar-refractivity contribution in [1.82, 2.24) is 4.90 Å². The molecule has 0 radical (unpaired) electrons. The standard InChI is InChI=1S/C12H16ClNO2/c1-14(12(16)7-4-8-15)9-10-5-2-3-6-11(10)13/h2-3,5-6,15H,4,7-9H2,1H3. The van der Waals surface area contributed by atoms with Crippen LogP contribution in [0.1, 0.15) is 18.4 Å². The lowest BCUT2D eigenvalue weighted by molar-refractivity contribution is -0.130. The minimum absolute atomic E-state index is 0.0222. The minimum atomic E-state index is 0.0222. The molecule has 1 N–H and O–H groups in total. The van der Waals surface area contributed by atoms with E-state index in [1.165, 1.54) is 0 Å². The van der Waals surface area contributed by atoms with Gasteiger partial charge in [0, 0.05) is 31.6 Å². The van der Waals surface area contributed by atoms with Crippen LogP contribution in [-0.4, -0.2) is 29.6 Å². The van der Waals surface area contributed by atoms with Crippen molar-refractivity contribution < 1.29 is 9.90 Å². The second kappa shape index (κ2) is 6.51. The molecular formula is C12H16ClNO2. The molecule has 0 aromatic heterocycles. The molecule has 1 rings (SSSR count). The predicted octanol–water partition coefficient (Wildman–Crippen LogP) is 2.07. The fraction of sp³-hybridized carbons (Fsp3) is 0.417. The monoisotopic (exact) mass is 241 g/mol. The van der Waals surface area contributed by atoms with Crippen molar-refractivity contribution in [1.29, 1.82) is 0 Å². The Morgan fingerprint density at radius 3 is 2.75 bits per heavy atom. The van der Waals surface area contributed by atoms with Crippen LogP contribution in [0.5, 0.6) is 0 Å². The highest BCUT2D eigenvalue weighted by molar-refractivity contribution is 6.31. The Morgan fingerprint density at radius 1 is 1.44 bits per heavy atom. The highest BCUT2D eigenvalue weighted by Crippen LogP contribution is 2.16. The molecular weight excluding hydrogens is 226 g/mol. The number of nitrogens with zero attached hydrogens (tertiary/aromatic N) is 1. The van der Waals surface area contributed by atoms with E-state index in [1.807, 2.05) is 24.3 Å². The number of aliphatic hydroxyl groups excluding tert-OH is 1. The van der Waals surface area contributed by atoms with E-state index in [1.54, 1.807) is 11.9 Å². The zero-order valence-corrected chi connectivity index (χ0v) is 10.1. The molecule has 0 spiro atoms. The molecule has 0 bridgehead atoms. The molecule has 0 atom stereocenters. The largest absolute Gasteiger partial charge is 0.396 e. The number of benzene rings is 1. The fourth-order valence-corrected chi connectivity index (χ4v) is 1.59. The van der Waals surface area contributed by atoms with Crippen LogP contribution in [0.2, 0.25) is 5.02 Å². The van der Waals surface area contributed by atoms with Crippen LogP contribution < -0.4 is 0 Å². The van der Waals surface area contributed by atoms with Gasteiger partial charge in [-0.3, -0.25) is 4.79 Å². The first kappa shape index (κ1) is 13.0. The highest BCUT2D eigenvalue weighted by atomic mass is 35.5. The van der Waals surface area contributed by atoms with Crippen molar-refractivity contribution in [3.63, 3.8) is 0 Å². The first-order chi connectivity index (χ1) is 7.65. The van der Waals surface area contributed by atoms with E-state index in [-0.39, 0.29) is 12.5 Å². The lowest BCUT2D eigenvalue weighted by Gasteiger charge is -2.17. The van der Waals surface area contributed by atoms with Crippen LogP contribution in [0.4, 0.5) is 0 Å². The molecule has 0 fully saturated rings. The molecule has 0 saturated carbocycles. The van der Waals surface area contributed by atoms with E-state index in [0.717, 1.165) is 5.56 Å². The SMILES string of the molecule is CN(Cc1ccccc1Cl)C(=O)CCCO. The highest BCUT2D eigenvalue weighted by Gasteiger charge is 2.09. The first-order valence-electron chi connectivity index (χ1n) is 5.23. The molecule has 1 aromatic rings. The summed E-state index contributed by atoms with van der Waals surface area (Å²) in [6.07, 6.45) is 0.878. The maximum absolute atomic E-state index is 11.6. The van der Waals surface area contributed by atoms with Crippen LogP contribution >= 0.6 is 11.6 Å². The predicted molar refractivity (Wildman–Crippen MR) is 64.2 cm³/mol. The topological polar surface area (TPSA) is 40.5 Å². The molecule has 4 heteroatoms. The third kappa shape index (κ3) is 3.83. The van der Waals surface area contributed by atoms with E-state index in [4.69, 9.17) is 16.7 Å². The molecule has 1 aromatic carbocycles. The van der Waals surface area contributed by atoms with Crippen molar-refractivity contribution in [3.05, 3.63) is 34.9 Å². The molecule has 16 heavy (non-hydrogen) atoms. The number of amides is 1. The van der Waals surface area contributed by atoms with Gasteiger partial charge in [-0.2, -0.15) is 0 Å². The molecule has 0 unspecified atom stereocenters. The van der Waals surface area contributed by atoms with E-state index in [0.29, 0.717) is 24.4 Å². The molecule has 3 nitrogen and oxygen atoms in total. The summed E-state index contributed by atoms with van der Waals surface area (Å²) in [5, 5.41) is 9.31. The Kier molecular flexibility index (Phi) is 5.29. The van der Waals surface area contributed by atoms with Crippen molar-refractivity contribution in [2.45, 2.75) is 19.4 Å². The summed E-state index contributed by atoms with van der Waals surface area (Å²) in [7, 11) is 1.74. The Balaban J connectivity index is 2.54. The van der Waals surface area contributed by atoms with Gasteiger partial charge in [0.15, 0.2) is 0 Å². The Labute approximate surface area is 101 Å². The van der Waals surface area contributed by atoms with Crippen molar-refractivity contribution in [2.24, 2.45) is 0 Å². The minimum Gasteiger partial charge on any atom is -0.396 e. The summed E-state index contributed by atoms with van der Waals surface area (Å²) in [5.74, 6) is 0.0222. The first-order valence-corrected chi connectivity index (χ1v) is 5.61. The lowest BCUT2D eigenvalue weighted by atomic mass is 10.2. The number of hydrogen-bond donors (Lipinski definition) is 1. The van der Waals surface area contributed by atoms with Gasteiger partial charge in [-0.15, -0.1) is 0 Å². The van der Waals surface area contributed by atoms with E-state index >= 15 is 0 Å². The van der Waals surface area contributed by atoms with Gasteiger partial charge >= 0.3 is 0 Å². The lowest BCUT2D eigenvalue weighted by Crippen LogP contribution is -2.26. The van der Waals surface area contributed by atoms with Crippen molar-refractivity contribution >= 4 is 17.5 Å². The van der Waals surface area contributed by atoms with E-state index < -0.39 is 0 Å². The van der Waals surface area contributed by atoms with Gasteiger partial charge < -0.3 is 10.0 Å². The van der Waals surface area contributed by atoms with Crippen molar-refractivity contribution in [3.8, 4) is 0 Å². The molecule has 1 amide bonds. The van der Waals surface area contributed by atoms with Gasteiger partial charge in [-0.1, -0.05) is 29.8 Å². The van der Waals surface area contributed by atoms with Crippen LogP contribution in [-0.2, 0) is 11.3 Å². The number of hydrogen-bond acceptors (Lipinski definition) is 2. The van der Waals surface area contributed by atoms with E-state index in [2.05, 4.69) is 0 Å². The van der Waals surface area contributed by atoms with Gasteiger partial charge in [0.2, 0.25) is 5.91 Å².